The van der Waals surface area contributed by atoms with Crippen molar-refractivity contribution < 1.29 is 9.59 Å². The Morgan fingerprint density at radius 2 is 1.11 bits per heavy atom. The summed E-state index contributed by atoms with van der Waals surface area (Å²) in [6.45, 7) is 7.10. The number of nitrogens with zero attached hydrogens (tertiary/aromatic N) is 1. The molecule has 3 nitrogen and oxygen atoms in total. The molecule has 0 saturated carbocycles. The van der Waals surface area contributed by atoms with Crippen molar-refractivity contribution >= 4 is 40.4 Å². The predicted molar refractivity (Wildman–Crippen MR) is 153 cm³/mol. The van der Waals surface area contributed by atoms with Crippen molar-refractivity contribution in [3.63, 3.8) is 0 Å². The number of carbonyl (C=O) groups is 2. The predicted octanol–water partition coefficient (Wildman–Crippen LogP) is 8.10. The van der Waals surface area contributed by atoms with Crippen molar-refractivity contribution in [2.24, 2.45) is 0 Å². The van der Waals surface area contributed by atoms with Gasteiger partial charge in [0.25, 0.3) is 0 Å². The van der Waals surface area contributed by atoms with E-state index in [1.807, 2.05) is 11.8 Å². The fourth-order valence-corrected chi connectivity index (χ4v) is 4.93. The molecule has 1 heterocycles. The Labute approximate surface area is 218 Å². The first-order valence-corrected chi connectivity index (χ1v) is 13.6. The van der Waals surface area contributed by atoms with Gasteiger partial charge in [-0.3, -0.25) is 9.59 Å². The van der Waals surface area contributed by atoms with Crippen LogP contribution in [0, 0.1) is 0 Å². The van der Waals surface area contributed by atoms with Crippen LogP contribution in [0.5, 0.6) is 0 Å². The first-order valence-electron chi connectivity index (χ1n) is 12.6. The van der Waals surface area contributed by atoms with Crippen LogP contribution in [0.3, 0.4) is 0 Å². The number of anilines is 3. The van der Waals surface area contributed by atoms with Crippen LogP contribution in [0.2, 0.25) is 0 Å². The van der Waals surface area contributed by atoms with Gasteiger partial charge in [0, 0.05) is 40.9 Å². The molecule has 1 atom stereocenters. The minimum Gasteiger partial charge on any atom is -0.311 e. The van der Waals surface area contributed by atoms with E-state index in [-0.39, 0.29) is 11.6 Å². The monoisotopic (exact) mass is 495 g/mol. The van der Waals surface area contributed by atoms with E-state index in [0.29, 0.717) is 18.1 Å². The quantitative estimate of drug-likeness (QED) is 0.167. The molecule has 1 aliphatic rings. The number of hydrogen-bond acceptors (Lipinski definition) is 4. The maximum absolute atomic E-state index is 11.5. The second kappa shape index (κ2) is 12.5. The van der Waals surface area contributed by atoms with E-state index in [0.717, 1.165) is 42.7 Å². The summed E-state index contributed by atoms with van der Waals surface area (Å²) < 4.78 is 0. The van der Waals surface area contributed by atoms with E-state index in [2.05, 4.69) is 90.9 Å². The number of benzene rings is 3. The van der Waals surface area contributed by atoms with E-state index in [1.165, 1.54) is 34.6 Å². The second-order valence-corrected chi connectivity index (χ2v) is 10.4. The molecular formula is C32H33NO2S. The summed E-state index contributed by atoms with van der Waals surface area (Å²) in [5.74, 6) is 1.41. The number of hydrogen-bond donors (Lipinski definition) is 0. The van der Waals surface area contributed by atoms with Crippen LogP contribution < -0.4 is 4.90 Å². The summed E-state index contributed by atoms with van der Waals surface area (Å²) >= 11 is 1.98. The Kier molecular flexibility index (Phi) is 8.96. The van der Waals surface area contributed by atoms with Gasteiger partial charge in [0.2, 0.25) is 0 Å². The maximum Gasteiger partial charge on any atom is 0.155 e. The lowest BCUT2D eigenvalue weighted by molar-refractivity contribution is -0.115. The van der Waals surface area contributed by atoms with Crippen molar-refractivity contribution in [3.8, 4) is 0 Å². The lowest BCUT2D eigenvalue weighted by Gasteiger charge is -2.26. The SMILES string of the molecule is C=CC(=O)CCCc1ccc(N(c2ccc(CCCC(=O)C=C)cc2)c2ccc(C3CS3)cc2)cc1. The number of allylic oxidation sites excluding steroid dienone is 2. The van der Waals surface area contributed by atoms with Crippen LogP contribution in [0.1, 0.15) is 47.6 Å². The molecule has 36 heavy (non-hydrogen) atoms. The molecule has 0 radical (unpaired) electrons. The van der Waals surface area contributed by atoms with Gasteiger partial charge in [-0.15, -0.1) is 0 Å². The van der Waals surface area contributed by atoms with Gasteiger partial charge in [0.15, 0.2) is 11.6 Å². The zero-order valence-electron chi connectivity index (χ0n) is 20.7. The Balaban J connectivity index is 1.53. The lowest BCUT2D eigenvalue weighted by atomic mass is 10.0. The second-order valence-electron chi connectivity index (χ2n) is 9.13. The van der Waals surface area contributed by atoms with Gasteiger partial charge in [-0.25, -0.2) is 0 Å². The van der Waals surface area contributed by atoms with Crippen LogP contribution in [-0.4, -0.2) is 17.3 Å². The van der Waals surface area contributed by atoms with Crippen molar-refractivity contribution in [1.29, 1.82) is 0 Å². The minimum atomic E-state index is 0.0987. The van der Waals surface area contributed by atoms with Crippen LogP contribution >= 0.6 is 11.8 Å². The standard InChI is InChI=1S/C32H33NO2S/c1-3-30(34)9-5-7-24-11-17-27(18-12-24)33(29-21-15-26(16-22-29)32-23-36-32)28-19-13-25(14-20-28)8-6-10-31(35)4-2/h3-4,11-22,32H,1-2,5-10,23H2. The smallest absolute Gasteiger partial charge is 0.155 e. The minimum absolute atomic E-state index is 0.0987. The molecule has 0 amide bonds. The molecule has 0 N–H and O–H groups in total. The van der Waals surface area contributed by atoms with E-state index < -0.39 is 0 Å². The lowest BCUT2D eigenvalue weighted by Crippen LogP contribution is -2.10. The third kappa shape index (κ3) is 7.08. The molecule has 3 aromatic rings. The molecule has 184 valence electrons. The molecule has 1 aliphatic heterocycles. The van der Waals surface area contributed by atoms with Crippen LogP contribution in [0.4, 0.5) is 17.1 Å². The number of carbonyl (C=O) groups excluding carboxylic acids is 2. The largest absolute Gasteiger partial charge is 0.311 e. The average Bonchev–Trinajstić information content (AvgIpc) is 3.76. The van der Waals surface area contributed by atoms with Gasteiger partial charge < -0.3 is 4.90 Å². The molecular weight excluding hydrogens is 462 g/mol. The fraction of sp³-hybridized carbons (Fsp3) is 0.250. The van der Waals surface area contributed by atoms with Crippen molar-refractivity contribution in [2.75, 3.05) is 10.7 Å². The molecule has 4 rings (SSSR count). The van der Waals surface area contributed by atoms with Gasteiger partial charge in [0.05, 0.1) is 0 Å². The highest BCUT2D eigenvalue weighted by molar-refractivity contribution is 8.06. The Morgan fingerprint density at radius 1 is 0.722 bits per heavy atom. The molecule has 1 fully saturated rings. The summed E-state index contributed by atoms with van der Waals surface area (Å²) in [4.78, 5) is 25.3. The molecule has 1 saturated heterocycles. The van der Waals surface area contributed by atoms with Crippen molar-refractivity contribution in [2.45, 2.75) is 43.8 Å². The summed E-state index contributed by atoms with van der Waals surface area (Å²) in [6.07, 6.45) is 7.28. The van der Waals surface area contributed by atoms with E-state index in [1.54, 1.807) is 0 Å². The first kappa shape index (κ1) is 25.7. The van der Waals surface area contributed by atoms with Gasteiger partial charge in [0.1, 0.15) is 0 Å². The van der Waals surface area contributed by atoms with Gasteiger partial charge in [-0.05, 0) is 90.9 Å². The molecule has 0 spiro atoms. The maximum atomic E-state index is 11.5. The van der Waals surface area contributed by atoms with Crippen molar-refractivity contribution in [1.82, 2.24) is 0 Å². The highest BCUT2D eigenvalue weighted by atomic mass is 32.2. The summed E-state index contributed by atoms with van der Waals surface area (Å²) in [5, 5.41) is 0.645. The van der Waals surface area contributed by atoms with E-state index >= 15 is 0 Å². The molecule has 0 aromatic heterocycles. The average molecular weight is 496 g/mol. The van der Waals surface area contributed by atoms with Crippen LogP contribution in [0.15, 0.2) is 98.1 Å². The zero-order valence-corrected chi connectivity index (χ0v) is 21.5. The molecule has 0 bridgehead atoms. The molecule has 1 unspecified atom stereocenters. The first-order chi connectivity index (χ1) is 17.6. The summed E-state index contributed by atoms with van der Waals surface area (Å²) in [6, 6.07) is 26.1. The highest BCUT2D eigenvalue weighted by Crippen LogP contribution is 2.46. The summed E-state index contributed by atoms with van der Waals surface area (Å²) in [7, 11) is 0. The number of ketones is 2. The third-order valence-corrected chi connectivity index (χ3v) is 7.42. The molecule has 3 aromatic carbocycles. The van der Waals surface area contributed by atoms with Crippen molar-refractivity contribution in [3.05, 3.63) is 115 Å². The zero-order chi connectivity index (χ0) is 25.3. The normalized spacial score (nSPS) is 14.2. The fourth-order valence-electron chi connectivity index (χ4n) is 4.29. The Morgan fingerprint density at radius 3 is 1.47 bits per heavy atom. The van der Waals surface area contributed by atoms with E-state index in [4.69, 9.17) is 0 Å². The summed E-state index contributed by atoms with van der Waals surface area (Å²) in [5.41, 5.74) is 7.15. The number of thioether (sulfide) groups is 1. The number of aryl methyl sites for hydroxylation is 2. The van der Waals surface area contributed by atoms with Crippen LogP contribution in [-0.2, 0) is 22.4 Å². The third-order valence-electron chi connectivity index (χ3n) is 6.48. The topological polar surface area (TPSA) is 37.4 Å². The number of rotatable bonds is 14. The van der Waals surface area contributed by atoms with Gasteiger partial charge in [-0.1, -0.05) is 49.6 Å². The van der Waals surface area contributed by atoms with Gasteiger partial charge >= 0.3 is 0 Å². The Bertz CT molecular complexity index is 1120. The highest BCUT2D eigenvalue weighted by Gasteiger charge is 2.24. The van der Waals surface area contributed by atoms with E-state index in [9.17, 15) is 9.59 Å². The molecule has 4 heteroatoms. The van der Waals surface area contributed by atoms with Crippen LogP contribution in [0.25, 0.3) is 0 Å². The van der Waals surface area contributed by atoms with Gasteiger partial charge in [-0.2, -0.15) is 11.8 Å². The molecule has 0 aliphatic carbocycles. The Hall–Kier alpha value is -3.37.